The van der Waals surface area contributed by atoms with Gasteiger partial charge >= 0.3 is 6.18 Å². The molecule has 2 aromatic carbocycles. The predicted molar refractivity (Wildman–Crippen MR) is 108 cm³/mol. The van der Waals surface area contributed by atoms with Crippen LogP contribution in [0.4, 0.5) is 27.1 Å². The molecule has 0 spiro atoms. The fourth-order valence-electron chi connectivity index (χ4n) is 2.66. The second-order valence-electron chi connectivity index (χ2n) is 6.58. The van der Waals surface area contributed by atoms with Crippen LogP contribution in [0.3, 0.4) is 0 Å². The van der Waals surface area contributed by atoms with Crippen molar-refractivity contribution in [2.75, 3.05) is 4.72 Å². The van der Waals surface area contributed by atoms with Gasteiger partial charge in [0.15, 0.2) is 17.3 Å². The Morgan fingerprint density at radius 1 is 1.12 bits per heavy atom. The van der Waals surface area contributed by atoms with Crippen molar-refractivity contribution in [2.45, 2.75) is 30.8 Å². The number of aromatic nitrogens is 2. The van der Waals surface area contributed by atoms with Crippen LogP contribution in [0, 0.1) is 11.6 Å². The molecule has 0 aliphatic heterocycles. The summed E-state index contributed by atoms with van der Waals surface area (Å²) in [5, 5.41) is -0.191. The normalized spacial score (nSPS) is 11.9. The molecule has 0 amide bonds. The molecule has 0 saturated heterocycles. The van der Waals surface area contributed by atoms with E-state index in [0.717, 1.165) is 12.4 Å². The highest BCUT2D eigenvalue weighted by molar-refractivity contribution is 7.93. The molecule has 0 radical (unpaired) electrons. The largest absolute Gasteiger partial charge is 0.454 e. The van der Waals surface area contributed by atoms with Gasteiger partial charge in [0.25, 0.3) is 10.0 Å². The average molecular weight is 507 g/mol. The lowest BCUT2D eigenvalue weighted by Gasteiger charge is -2.14. The molecule has 0 bridgehead atoms. The highest BCUT2D eigenvalue weighted by Crippen LogP contribution is 2.36. The number of rotatable bonds is 8. The molecule has 14 heteroatoms. The van der Waals surface area contributed by atoms with Gasteiger partial charge in [-0.25, -0.2) is 22.2 Å². The zero-order valence-electron chi connectivity index (χ0n) is 16.6. The van der Waals surface area contributed by atoms with Gasteiger partial charge in [-0.05, 0) is 24.6 Å². The second-order valence-corrected chi connectivity index (χ2v) is 9.01. The fourth-order valence-corrected chi connectivity index (χ4v) is 4.40. The third-order valence-electron chi connectivity index (χ3n) is 4.12. The zero-order valence-corrected chi connectivity index (χ0v) is 18.2. The van der Waals surface area contributed by atoms with E-state index in [0.29, 0.717) is 42.2 Å². The molecule has 1 heterocycles. The van der Waals surface area contributed by atoms with E-state index in [1.54, 1.807) is 6.92 Å². The summed E-state index contributed by atoms with van der Waals surface area (Å²) in [4.78, 5) is 14.6. The number of alkyl halides is 3. The number of ether oxygens (including phenoxy) is 1. The number of carbonyl (C=O) groups is 1. The van der Waals surface area contributed by atoms with Crippen LogP contribution in [0.1, 0.15) is 35.7 Å². The minimum Gasteiger partial charge on any atom is -0.454 e. The quantitative estimate of drug-likeness (QED) is 0.323. The molecule has 0 aliphatic carbocycles. The highest BCUT2D eigenvalue weighted by atomic mass is 32.2. The number of anilines is 1. The van der Waals surface area contributed by atoms with E-state index < -0.39 is 55.6 Å². The van der Waals surface area contributed by atoms with Crippen molar-refractivity contribution in [3.8, 4) is 11.5 Å². The van der Waals surface area contributed by atoms with E-state index in [-0.39, 0.29) is 17.1 Å². The first-order chi connectivity index (χ1) is 15.4. The van der Waals surface area contributed by atoms with Gasteiger partial charge in [0.1, 0.15) is 22.8 Å². The van der Waals surface area contributed by atoms with Gasteiger partial charge < -0.3 is 4.74 Å². The lowest BCUT2D eigenvalue weighted by atomic mass is 10.0. The Labute approximate surface area is 188 Å². The molecule has 7 nitrogen and oxygen atoms in total. The number of nitrogens with zero attached hydrogens (tertiary/aromatic N) is 2. The minimum atomic E-state index is -4.83. The lowest BCUT2D eigenvalue weighted by Crippen LogP contribution is -2.15. The van der Waals surface area contributed by atoms with Crippen molar-refractivity contribution >= 4 is 32.5 Å². The maximum Gasteiger partial charge on any atom is 0.416 e. The van der Waals surface area contributed by atoms with Crippen LogP contribution in [0.15, 0.2) is 41.6 Å². The van der Waals surface area contributed by atoms with Crippen LogP contribution in [-0.4, -0.2) is 23.6 Å². The van der Waals surface area contributed by atoms with E-state index >= 15 is 0 Å². The van der Waals surface area contributed by atoms with Crippen molar-refractivity contribution in [1.82, 2.24) is 9.36 Å². The Morgan fingerprint density at radius 2 is 1.85 bits per heavy atom. The molecule has 3 rings (SSSR count). The standard InChI is InChI=1S/C19H14F5N3O4S2/c1-2-3-15(28)10-4-11(19(22,23)24)6-12(5-10)31-16-7-14(21)17(8-13(16)20)33(29,30)27-18-25-9-26-32-18/h4-9H,2-3H2,1H3,(H,25,26,27). The van der Waals surface area contributed by atoms with E-state index in [1.165, 1.54) is 0 Å². The van der Waals surface area contributed by atoms with Crippen molar-refractivity contribution in [1.29, 1.82) is 0 Å². The Bertz CT molecular complexity index is 1280. The number of sulfonamides is 1. The van der Waals surface area contributed by atoms with E-state index in [9.17, 15) is 35.2 Å². The van der Waals surface area contributed by atoms with Crippen LogP contribution in [0.25, 0.3) is 0 Å². The van der Waals surface area contributed by atoms with E-state index in [4.69, 9.17) is 4.74 Å². The smallest absolute Gasteiger partial charge is 0.416 e. The minimum absolute atomic E-state index is 0.0298. The predicted octanol–water partition coefficient (Wildman–Crippen LogP) is 5.41. The molecule has 1 N–H and O–H groups in total. The van der Waals surface area contributed by atoms with Crippen LogP contribution >= 0.6 is 11.5 Å². The van der Waals surface area contributed by atoms with Gasteiger partial charge in [-0.15, -0.1) is 0 Å². The van der Waals surface area contributed by atoms with E-state index in [2.05, 4.69) is 9.36 Å². The Balaban J connectivity index is 1.97. The summed E-state index contributed by atoms with van der Waals surface area (Å²) in [6, 6.07) is 2.80. The summed E-state index contributed by atoms with van der Waals surface area (Å²) in [5.74, 6) is -4.85. The first-order valence-corrected chi connectivity index (χ1v) is 11.4. The van der Waals surface area contributed by atoms with Gasteiger partial charge in [0.2, 0.25) is 5.13 Å². The summed E-state index contributed by atoms with van der Waals surface area (Å²) in [6.07, 6.45) is -3.44. The maximum atomic E-state index is 14.5. The molecule has 0 fully saturated rings. The number of benzene rings is 2. The number of halogens is 5. The first-order valence-electron chi connectivity index (χ1n) is 9.12. The van der Waals surface area contributed by atoms with Crippen molar-refractivity contribution in [2.24, 2.45) is 0 Å². The first kappa shape index (κ1) is 24.5. The van der Waals surface area contributed by atoms with Gasteiger partial charge in [0.05, 0.1) is 5.56 Å². The number of ketones is 1. The van der Waals surface area contributed by atoms with Crippen LogP contribution < -0.4 is 9.46 Å². The summed E-state index contributed by atoms with van der Waals surface area (Å²) < 4.78 is 104. The molecule has 0 unspecified atom stereocenters. The van der Waals surface area contributed by atoms with E-state index in [1.807, 2.05) is 4.72 Å². The zero-order chi connectivity index (χ0) is 24.4. The fraction of sp³-hybridized carbons (Fsp3) is 0.211. The Hall–Kier alpha value is -3.13. The van der Waals surface area contributed by atoms with Gasteiger partial charge in [0, 0.05) is 35.6 Å². The van der Waals surface area contributed by atoms with Crippen molar-refractivity contribution < 1.29 is 39.9 Å². The Kier molecular flexibility index (Phi) is 6.97. The SMILES string of the molecule is CCCC(=O)c1cc(Oc2cc(F)c(S(=O)(=O)Nc3ncns3)cc2F)cc(C(F)(F)F)c1. The third kappa shape index (κ3) is 5.82. The number of nitrogens with one attached hydrogen (secondary N) is 1. The Morgan fingerprint density at radius 3 is 2.45 bits per heavy atom. The number of carbonyl (C=O) groups excluding carboxylic acids is 1. The molecule has 33 heavy (non-hydrogen) atoms. The highest BCUT2D eigenvalue weighted by Gasteiger charge is 2.32. The van der Waals surface area contributed by atoms with Crippen molar-refractivity contribution in [3.63, 3.8) is 0 Å². The van der Waals surface area contributed by atoms with Gasteiger partial charge in [-0.3, -0.25) is 9.52 Å². The summed E-state index contributed by atoms with van der Waals surface area (Å²) >= 11 is 0.658. The molecule has 0 saturated carbocycles. The summed E-state index contributed by atoms with van der Waals surface area (Å²) in [5.41, 5.74) is -1.54. The molecule has 176 valence electrons. The third-order valence-corrected chi connectivity index (χ3v) is 6.18. The molecular formula is C19H14F5N3O4S2. The summed E-state index contributed by atoms with van der Waals surface area (Å²) in [7, 11) is -4.58. The topological polar surface area (TPSA) is 98.2 Å². The van der Waals surface area contributed by atoms with Crippen molar-refractivity contribution in [3.05, 3.63) is 59.4 Å². The summed E-state index contributed by atoms with van der Waals surface area (Å²) in [6.45, 7) is 1.66. The second kappa shape index (κ2) is 9.39. The van der Waals surface area contributed by atoms with Crippen LogP contribution in [-0.2, 0) is 16.2 Å². The number of Topliss-reactive ketones (excluding diaryl/α,β-unsaturated/α-hetero) is 1. The number of hydrogen-bond donors (Lipinski definition) is 1. The van der Waals surface area contributed by atoms with Gasteiger partial charge in [-0.1, -0.05) is 6.92 Å². The average Bonchev–Trinajstić information content (AvgIpc) is 3.22. The monoisotopic (exact) mass is 507 g/mol. The molecular weight excluding hydrogens is 493 g/mol. The molecule has 1 aromatic heterocycles. The maximum absolute atomic E-state index is 14.5. The van der Waals surface area contributed by atoms with Gasteiger partial charge in [-0.2, -0.15) is 17.5 Å². The molecule has 0 aliphatic rings. The molecule has 0 atom stereocenters. The van der Waals surface area contributed by atoms with Crippen LogP contribution in [0.5, 0.6) is 11.5 Å². The molecule has 3 aromatic rings. The number of hydrogen-bond acceptors (Lipinski definition) is 7. The lowest BCUT2D eigenvalue weighted by molar-refractivity contribution is -0.137. The van der Waals surface area contributed by atoms with Crippen LogP contribution in [0.2, 0.25) is 0 Å².